The summed E-state index contributed by atoms with van der Waals surface area (Å²) in [6.07, 6.45) is 33.8. The Morgan fingerprint density at radius 3 is 1.38 bits per heavy atom. The van der Waals surface area contributed by atoms with Crippen molar-refractivity contribution in [2.45, 2.75) is 194 Å². The fraction of sp³-hybridized carbons (Fsp3) is 0.943. The van der Waals surface area contributed by atoms with Crippen LogP contribution < -0.4 is 11.1 Å². The van der Waals surface area contributed by atoms with Gasteiger partial charge in [0.1, 0.15) is 5.78 Å². The topological polar surface area (TPSA) is 72.2 Å². The third kappa shape index (κ3) is 30.4. The van der Waals surface area contributed by atoms with Gasteiger partial charge in [-0.3, -0.25) is 9.59 Å². The van der Waals surface area contributed by atoms with Gasteiger partial charge in [0.05, 0.1) is 0 Å². The predicted octanol–water partition coefficient (Wildman–Crippen LogP) is 10.6. The highest BCUT2D eigenvalue weighted by atomic mass is 35.5. The summed E-state index contributed by atoms with van der Waals surface area (Å²) in [5, 5.41) is 3.14. The zero-order valence-electron chi connectivity index (χ0n) is 27.1. The van der Waals surface area contributed by atoms with Gasteiger partial charge in [-0.1, -0.05) is 155 Å². The average Bonchev–Trinajstić information content (AvgIpc) is 2.93. The van der Waals surface area contributed by atoms with E-state index in [2.05, 4.69) is 19.2 Å². The van der Waals surface area contributed by atoms with Crippen LogP contribution in [0.1, 0.15) is 194 Å². The smallest absolute Gasteiger partial charge is 0.223 e. The van der Waals surface area contributed by atoms with Crippen LogP contribution >= 0.6 is 12.4 Å². The van der Waals surface area contributed by atoms with Gasteiger partial charge >= 0.3 is 0 Å². The second-order valence-corrected chi connectivity index (χ2v) is 12.2. The van der Waals surface area contributed by atoms with Crippen molar-refractivity contribution >= 4 is 24.1 Å². The molecule has 4 nitrogen and oxygen atoms in total. The number of nitrogens with one attached hydrogen (secondary N) is 1. The highest BCUT2D eigenvalue weighted by Gasteiger charge is 2.21. The standard InChI is InChI=1S/C35H70N2O2.ClH/c1-3-5-7-9-11-13-15-16-17-18-20-22-24-29-34(38)32-33(28-25-26-30-36)35(39)37-31-27-23-21-19-14-12-10-8-6-4-2;/h33H,3-32,36H2,1-2H3,(H,37,39);1H/t33-;/m1./s1. The summed E-state index contributed by atoms with van der Waals surface area (Å²) in [6, 6.07) is 0. The van der Waals surface area contributed by atoms with Crippen molar-refractivity contribution in [1.29, 1.82) is 0 Å². The van der Waals surface area contributed by atoms with Gasteiger partial charge in [0.15, 0.2) is 0 Å². The van der Waals surface area contributed by atoms with Crippen LogP contribution in [0.2, 0.25) is 0 Å². The molecule has 0 radical (unpaired) electrons. The Bertz CT molecular complexity index is 530. The number of carbonyl (C=O) groups excluding carboxylic acids is 2. The first-order chi connectivity index (χ1) is 19.2. The minimum absolute atomic E-state index is 0. The highest BCUT2D eigenvalue weighted by molar-refractivity contribution is 5.86. The molecule has 3 N–H and O–H groups in total. The third-order valence-corrected chi connectivity index (χ3v) is 8.24. The van der Waals surface area contributed by atoms with Gasteiger partial charge < -0.3 is 11.1 Å². The SMILES string of the molecule is CCCCCCCCCCCCCCCC(=O)C[C@@H](CCCCN)C(=O)NCCCCCCCCCCCC.Cl. The summed E-state index contributed by atoms with van der Waals surface area (Å²) in [4.78, 5) is 25.5. The van der Waals surface area contributed by atoms with Gasteiger partial charge in [0.25, 0.3) is 0 Å². The molecule has 0 fully saturated rings. The van der Waals surface area contributed by atoms with Crippen LogP contribution in [0.25, 0.3) is 0 Å². The number of amides is 1. The van der Waals surface area contributed by atoms with Crippen molar-refractivity contribution in [1.82, 2.24) is 5.32 Å². The summed E-state index contributed by atoms with van der Waals surface area (Å²) in [5.74, 6) is 0.181. The molecule has 0 saturated carbocycles. The second-order valence-electron chi connectivity index (χ2n) is 12.2. The molecule has 0 aliphatic carbocycles. The number of rotatable bonds is 32. The highest BCUT2D eigenvalue weighted by Crippen LogP contribution is 2.18. The number of Topliss-reactive ketones (excluding diaryl/α,β-unsaturated/α-hetero) is 1. The molecular formula is C35H71ClN2O2. The number of halogens is 1. The second kappa shape index (κ2) is 34.6. The van der Waals surface area contributed by atoms with Crippen molar-refractivity contribution in [3.63, 3.8) is 0 Å². The van der Waals surface area contributed by atoms with Crippen LogP contribution in [-0.2, 0) is 9.59 Å². The monoisotopic (exact) mass is 587 g/mol. The lowest BCUT2D eigenvalue weighted by atomic mass is 9.93. The minimum atomic E-state index is -0.172. The number of nitrogens with two attached hydrogens (primary N) is 1. The van der Waals surface area contributed by atoms with E-state index in [9.17, 15) is 9.59 Å². The number of unbranched alkanes of at least 4 members (excludes halogenated alkanes) is 22. The van der Waals surface area contributed by atoms with Gasteiger partial charge in [-0.25, -0.2) is 0 Å². The first-order valence-electron chi connectivity index (χ1n) is 17.6. The molecule has 40 heavy (non-hydrogen) atoms. The Morgan fingerprint density at radius 2 is 0.950 bits per heavy atom. The number of carbonyl (C=O) groups is 2. The van der Waals surface area contributed by atoms with Crippen LogP contribution in [0.3, 0.4) is 0 Å². The van der Waals surface area contributed by atoms with Crippen molar-refractivity contribution < 1.29 is 9.59 Å². The Morgan fingerprint density at radius 1 is 0.550 bits per heavy atom. The van der Waals surface area contributed by atoms with E-state index in [1.54, 1.807) is 0 Å². The van der Waals surface area contributed by atoms with E-state index >= 15 is 0 Å². The molecule has 0 unspecified atom stereocenters. The van der Waals surface area contributed by atoms with Gasteiger partial charge in [-0.2, -0.15) is 0 Å². The number of hydrogen-bond donors (Lipinski definition) is 2. The predicted molar refractivity (Wildman–Crippen MR) is 178 cm³/mol. The summed E-state index contributed by atoms with van der Waals surface area (Å²) >= 11 is 0. The Kier molecular flexibility index (Phi) is 35.9. The summed E-state index contributed by atoms with van der Waals surface area (Å²) in [6.45, 7) is 5.94. The number of ketones is 1. The first-order valence-corrected chi connectivity index (χ1v) is 17.6. The minimum Gasteiger partial charge on any atom is -0.356 e. The lowest BCUT2D eigenvalue weighted by molar-refractivity contribution is -0.129. The van der Waals surface area contributed by atoms with E-state index in [-0.39, 0.29) is 30.0 Å². The number of hydrogen-bond acceptors (Lipinski definition) is 3. The molecule has 0 bridgehead atoms. The molecule has 0 saturated heterocycles. The van der Waals surface area contributed by atoms with Crippen molar-refractivity contribution in [3.8, 4) is 0 Å². The van der Waals surface area contributed by atoms with Crippen LogP contribution in [0.4, 0.5) is 0 Å². The summed E-state index contributed by atoms with van der Waals surface area (Å²) in [7, 11) is 0. The van der Waals surface area contributed by atoms with Crippen LogP contribution in [0, 0.1) is 5.92 Å². The summed E-state index contributed by atoms with van der Waals surface area (Å²) < 4.78 is 0. The van der Waals surface area contributed by atoms with E-state index in [1.807, 2.05) is 0 Å². The van der Waals surface area contributed by atoms with E-state index < -0.39 is 0 Å². The van der Waals surface area contributed by atoms with E-state index in [1.165, 1.54) is 128 Å². The molecule has 240 valence electrons. The molecule has 1 amide bonds. The fourth-order valence-electron chi connectivity index (χ4n) is 5.55. The van der Waals surface area contributed by atoms with Gasteiger partial charge in [0, 0.05) is 25.3 Å². The first kappa shape index (κ1) is 41.5. The molecule has 0 aliphatic heterocycles. The molecule has 0 aromatic rings. The lowest BCUT2D eigenvalue weighted by Crippen LogP contribution is -2.33. The van der Waals surface area contributed by atoms with E-state index in [4.69, 9.17) is 5.73 Å². The quantitative estimate of drug-likeness (QED) is 0.0770. The van der Waals surface area contributed by atoms with E-state index in [0.29, 0.717) is 19.4 Å². The molecule has 0 aromatic carbocycles. The van der Waals surface area contributed by atoms with Crippen molar-refractivity contribution in [2.24, 2.45) is 11.7 Å². The Balaban J connectivity index is 0. The fourth-order valence-corrected chi connectivity index (χ4v) is 5.55. The zero-order valence-corrected chi connectivity index (χ0v) is 27.9. The van der Waals surface area contributed by atoms with Crippen LogP contribution in [0.5, 0.6) is 0 Å². The molecular weight excluding hydrogens is 516 g/mol. The van der Waals surface area contributed by atoms with Crippen LogP contribution in [-0.4, -0.2) is 24.8 Å². The molecule has 0 spiro atoms. The molecule has 0 heterocycles. The van der Waals surface area contributed by atoms with Gasteiger partial charge in [-0.15, -0.1) is 12.4 Å². The maximum Gasteiger partial charge on any atom is 0.223 e. The van der Waals surface area contributed by atoms with Crippen molar-refractivity contribution in [2.75, 3.05) is 13.1 Å². The third-order valence-electron chi connectivity index (χ3n) is 8.24. The summed E-state index contributed by atoms with van der Waals surface area (Å²) in [5.41, 5.74) is 5.66. The molecule has 1 atom stereocenters. The molecule has 0 aromatic heterocycles. The van der Waals surface area contributed by atoms with Crippen LogP contribution in [0.15, 0.2) is 0 Å². The van der Waals surface area contributed by atoms with Gasteiger partial charge in [-0.05, 0) is 32.2 Å². The largest absolute Gasteiger partial charge is 0.356 e. The zero-order chi connectivity index (χ0) is 28.7. The Hall–Kier alpha value is -0.610. The van der Waals surface area contributed by atoms with Crippen molar-refractivity contribution in [3.05, 3.63) is 0 Å². The lowest BCUT2D eigenvalue weighted by Gasteiger charge is -2.16. The molecule has 0 rings (SSSR count). The maximum atomic E-state index is 12.8. The maximum absolute atomic E-state index is 12.8. The average molecular weight is 587 g/mol. The Labute approximate surface area is 257 Å². The molecule has 0 aliphatic rings. The normalized spacial score (nSPS) is 11.8. The van der Waals surface area contributed by atoms with E-state index in [0.717, 1.165) is 45.1 Å². The molecule has 5 heteroatoms. The van der Waals surface area contributed by atoms with Gasteiger partial charge in [0.2, 0.25) is 5.91 Å².